The summed E-state index contributed by atoms with van der Waals surface area (Å²) in [5.41, 5.74) is 0.480. The zero-order valence-corrected chi connectivity index (χ0v) is 15.3. The largest absolute Gasteiger partial charge is 0.468 e. The van der Waals surface area contributed by atoms with E-state index in [1.165, 1.54) is 24.2 Å². The minimum Gasteiger partial charge on any atom is -0.468 e. The SMILES string of the molecule is O=C(NC[C@H](c1ccco1)N1CCCC1)c1csc(-c2cccs2)n1. The molecule has 1 aliphatic heterocycles. The van der Waals surface area contributed by atoms with Gasteiger partial charge in [0, 0.05) is 11.9 Å². The molecule has 1 N–H and O–H groups in total. The average molecular weight is 374 g/mol. The molecule has 5 nitrogen and oxygen atoms in total. The van der Waals surface area contributed by atoms with Crippen LogP contribution in [0.3, 0.4) is 0 Å². The zero-order valence-electron chi connectivity index (χ0n) is 13.7. The average Bonchev–Trinajstić information content (AvgIpc) is 3.43. The van der Waals surface area contributed by atoms with E-state index in [-0.39, 0.29) is 11.9 Å². The van der Waals surface area contributed by atoms with E-state index in [0.29, 0.717) is 12.2 Å². The van der Waals surface area contributed by atoms with Gasteiger partial charge in [-0.25, -0.2) is 4.98 Å². The molecule has 25 heavy (non-hydrogen) atoms. The summed E-state index contributed by atoms with van der Waals surface area (Å²) in [6, 6.07) is 7.97. The molecule has 0 aliphatic carbocycles. The van der Waals surface area contributed by atoms with E-state index in [4.69, 9.17) is 4.42 Å². The van der Waals surface area contributed by atoms with Crippen molar-refractivity contribution in [3.05, 3.63) is 52.7 Å². The maximum Gasteiger partial charge on any atom is 0.270 e. The van der Waals surface area contributed by atoms with Gasteiger partial charge in [0.2, 0.25) is 0 Å². The highest BCUT2D eigenvalue weighted by Gasteiger charge is 2.26. The van der Waals surface area contributed by atoms with Gasteiger partial charge in [-0.15, -0.1) is 22.7 Å². The van der Waals surface area contributed by atoms with Crippen molar-refractivity contribution in [3.8, 4) is 9.88 Å². The van der Waals surface area contributed by atoms with Crippen molar-refractivity contribution in [2.24, 2.45) is 0 Å². The molecule has 0 bridgehead atoms. The van der Waals surface area contributed by atoms with Crippen LogP contribution in [-0.4, -0.2) is 35.4 Å². The van der Waals surface area contributed by atoms with Crippen LogP contribution >= 0.6 is 22.7 Å². The molecule has 1 amide bonds. The molecule has 0 aromatic carbocycles. The topological polar surface area (TPSA) is 58.4 Å². The van der Waals surface area contributed by atoms with Crippen LogP contribution in [0.4, 0.5) is 0 Å². The van der Waals surface area contributed by atoms with E-state index in [1.807, 2.05) is 35.0 Å². The maximum absolute atomic E-state index is 12.5. The van der Waals surface area contributed by atoms with Crippen LogP contribution in [0.5, 0.6) is 0 Å². The smallest absolute Gasteiger partial charge is 0.270 e. The molecule has 130 valence electrons. The second kappa shape index (κ2) is 7.51. The van der Waals surface area contributed by atoms with Crippen molar-refractivity contribution < 1.29 is 9.21 Å². The molecular weight excluding hydrogens is 354 g/mol. The normalized spacial score (nSPS) is 16.2. The van der Waals surface area contributed by atoms with Crippen LogP contribution in [0, 0.1) is 0 Å². The molecule has 1 aliphatic rings. The summed E-state index contributed by atoms with van der Waals surface area (Å²) < 4.78 is 5.59. The van der Waals surface area contributed by atoms with Gasteiger partial charge in [-0.3, -0.25) is 9.69 Å². The van der Waals surface area contributed by atoms with Gasteiger partial charge in [-0.05, 0) is 49.5 Å². The fraction of sp³-hybridized carbons (Fsp3) is 0.333. The maximum atomic E-state index is 12.5. The van der Waals surface area contributed by atoms with Crippen molar-refractivity contribution in [1.82, 2.24) is 15.2 Å². The lowest BCUT2D eigenvalue weighted by Crippen LogP contribution is -2.36. The Hall–Kier alpha value is -1.96. The van der Waals surface area contributed by atoms with E-state index in [0.717, 1.165) is 28.7 Å². The second-order valence-corrected chi connectivity index (χ2v) is 7.81. The van der Waals surface area contributed by atoms with E-state index >= 15 is 0 Å². The minimum atomic E-state index is -0.130. The summed E-state index contributed by atoms with van der Waals surface area (Å²) >= 11 is 3.13. The van der Waals surface area contributed by atoms with Gasteiger partial charge in [0.1, 0.15) is 16.5 Å². The van der Waals surface area contributed by atoms with Crippen LogP contribution in [-0.2, 0) is 0 Å². The highest BCUT2D eigenvalue weighted by atomic mass is 32.1. The molecule has 3 aromatic rings. The Kier molecular flexibility index (Phi) is 4.96. The molecule has 0 saturated carbocycles. The molecule has 0 spiro atoms. The predicted molar refractivity (Wildman–Crippen MR) is 100 cm³/mol. The number of amides is 1. The van der Waals surface area contributed by atoms with Crippen LogP contribution < -0.4 is 5.32 Å². The van der Waals surface area contributed by atoms with Crippen molar-refractivity contribution in [2.45, 2.75) is 18.9 Å². The highest BCUT2D eigenvalue weighted by Crippen LogP contribution is 2.28. The first-order valence-corrected chi connectivity index (χ1v) is 10.1. The summed E-state index contributed by atoms with van der Waals surface area (Å²) in [4.78, 5) is 20.4. The zero-order chi connectivity index (χ0) is 17.1. The molecule has 3 aromatic heterocycles. The molecule has 4 rings (SSSR count). The standard InChI is InChI=1S/C18H19N3O2S2/c22-17(13-12-25-18(20-13)16-6-4-10-24-16)19-11-14(15-5-3-9-23-15)21-7-1-2-8-21/h3-6,9-10,12,14H,1-2,7-8,11H2,(H,19,22)/t14-/m1/s1. The van der Waals surface area contributed by atoms with Crippen LogP contribution in [0.15, 0.2) is 45.7 Å². The number of carbonyl (C=O) groups excluding carboxylic acids is 1. The summed E-state index contributed by atoms with van der Waals surface area (Å²) in [6.07, 6.45) is 4.08. The first-order valence-electron chi connectivity index (χ1n) is 8.36. The third-order valence-electron chi connectivity index (χ3n) is 4.38. The Morgan fingerprint density at radius 3 is 2.88 bits per heavy atom. The quantitative estimate of drug-likeness (QED) is 0.709. The first-order chi connectivity index (χ1) is 12.3. The second-order valence-electron chi connectivity index (χ2n) is 6.00. The number of thiazole rings is 1. The number of carbonyl (C=O) groups is 1. The van der Waals surface area contributed by atoms with Gasteiger partial charge in [0.15, 0.2) is 0 Å². The van der Waals surface area contributed by atoms with Crippen LogP contribution in [0.1, 0.15) is 35.1 Å². The molecule has 4 heterocycles. The third kappa shape index (κ3) is 3.68. The third-order valence-corrected chi connectivity index (χ3v) is 6.26. The molecule has 0 radical (unpaired) electrons. The number of hydrogen-bond acceptors (Lipinski definition) is 6. The van der Waals surface area contributed by atoms with Gasteiger partial charge in [0.25, 0.3) is 5.91 Å². The number of rotatable bonds is 6. The van der Waals surface area contributed by atoms with Crippen molar-refractivity contribution >= 4 is 28.6 Å². The van der Waals surface area contributed by atoms with Crippen molar-refractivity contribution in [2.75, 3.05) is 19.6 Å². The summed E-state index contributed by atoms with van der Waals surface area (Å²) in [7, 11) is 0. The van der Waals surface area contributed by atoms with Crippen LogP contribution in [0.2, 0.25) is 0 Å². The molecule has 1 atom stereocenters. The van der Waals surface area contributed by atoms with Gasteiger partial charge >= 0.3 is 0 Å². The summed E-state index contributed by atoms with van der Waals surface area (Å²) in [5, 5.41) is 7.76. The van der Waals surface area contributed by atoms with E-state index < -0.39 is 0 Å². The Bertz CT molecular complexity index is 805. The number of nitrogens with zero attached hydrogens (tertiary/aromatic N) is 2. The molecular formula is C18H19N3O2S2. The van der Waals surface area contributed by atoms with E-state index in [1.54, 1.807) is 17.6 Å². The number of likely N-dealkylation sites (tertiary alicyclic amines) is 1. The summed E-state index contributed by atoms with van der Waals surface area (Å²) in [6.45, 7) is 2.61. The van der Waals surface area contributed by atoms with Crippen molar-refractivity contribution in [3.63, 3.8) is 0 Å². The minimum absolute atomic E-state index is 0.0804. The number of furan rings is 1. The first kappa shape index (κ1) is 16.5. The lowest BCUT2D eigenvalue weighted by molar-refractivity contribution is 0.0929. The monoisotopic (exact) mass is 373 g/mol. The fourth-order valence-electron chi connectivity index (χ4n) is 3.12. The predicted octanol–water partition coefficient (Wildman–Crippen LogP) is 4.03. The summed E-state index contributed by atoms with van der Waals surface area (Å²) in [5.74, 6) is 0.773. The van der Waals surface area contributed by atoms with E-state index in [2.05, 4.69) is 15.2 Å². The van der Waals surface area contributed by atoms with Gasteiger partial charge in [0.05, 0.1) is 17.2 Å². The van der Waals surface area contributed by atoms with Gasteiger partial charge in [-0.1, -0.05) is 6.07 Å². The Morgan fingerprint density at radius 2 is 2.16 bits per heavy atom. The molecule has 0 unspecified atom stereocenters. The Morgan fingerprint density at radius 1 is 1.28 bits per heavy atom. The fourth-order valence-corrected chi connectivity index (χ4v) is 4.73. The van der Waals surface area contributed by atoms with Crippen LogP contribution in [0.25, 0.3) is 9.88 Å². The van der Waals surface area contributed by atoms with Gasteiger partial charge in [-0.2, -0.15) is 0 Å². The Balaban J connectivity index is 1.43. The van der Waals surface area contributed by atoms with Crippen molar-refractivity contribution in [1.29, 1.82) is 0 Å². The number of aromatic nitrogens is 1. The number of nitrogens with one attached hydrogen (secondary N) is 1. The number of hydrogen-bond donors (Lipinski definition) is 1. The lowest BCUT2D eigenvalue weighted by atomic mass is 10.2. The van der Waals surface area contributed by atoms with E-state index in [9.17, 15) is 4.79 Å². The number of thiophene rings is 1. The molecule has 1 saturated heterocycles. The molecule has 7 heteroatoms. The lowest BCUT2D eigenvalue weighted by Gasteiger charge is -2.25. The highest BCUT2D eigenvalue weighted by molar-refractivity contribution is 7.20. The Labute approximate surface area is 154 Å². The van der Waals surface area contributed by atoms with Gasteiger partial charge < -0.3 is 9.73 Å². The molecule has 1 fully saturated rings.